The van der Waals surface area contributed by atoms with Crippen molar-refractivity contribution in [2.24, 2.45) is 16.7 Å². The average molecular weight is 455 g/mol. The van der Waals surface area contributed by atoms with Gasteiger partial charge in [-0.1, -0.05) is 12.1 Å². The molecule has 3 saturated carbocycles. The number of nitrogens with zero attached hydrogens (tertiary/aromatic N) is 2. The third kappa shape index (κ3) is 2.71. The molecule has 170 valence electrons. The summed E-state index contributed by atoms with van der Waals surface area (Å²) in [4.78, 5) is 29.0. The van der Waals surface area contributed by atoms with Crippen molar-refractivity contribution in [1.29, 1.82) is 0 Å². The van der Waals surface area contributed by atoms with E-state index in [1.165, 1.54) is 12.1 Å². The Bertz CT molecular complexity index is 1320. The Morgan fingerprint density at radius 1 is 1.15 bits per heavy atom. The van der Waals surface area contributed by atoms with E-state index in [0.29, 0.717) is 17.5 Å². The van der Waals surface area contributed by atoms with Crippen LogP contribution >= 0.6 is 0 Å². The lowest BCUT2D eigenvalue weighted by atomic mass is 9.50. The van der Waals surface area contributed by atoms with Gasteiger partial charge >= 0.3 is 12.1 Å². The predicted octanol–water partition coefficient (Wildman–Crippen LogP) is 4.09. The van der Waals surface area contributed by atoms with Crippen LogP contribution in [0.25, 0.3) is 10.9 Å². The smallest absolute Gasteiger partial charge is 0.416 e. The molecule has 9 heteroatoms. The fourth-order valence-electron chi connectivity index (χ4n) is 6.39. The number of fused-ring (bicyclic) bond motifs is 1. The summed E-state index contributed by atoms with van der Waals surface area (Å²) in [5.74, 6) is -1.56. The fourth-order valence-corrected chi connectivity index (χ4v) is 6.39. The monoisotopic (exact) mass is 455 g/mol. The largest absolute Gasteiger partial charge is 0.481 e. The number of carbonyl (C=O) groups excluding carboxylic acids is 1. The van der Waals surface area contributed by atoms with E-state index in [-0.39, 0.29) is 35.0 Å². The summed E-state index contributed by atoms with van der Waals surface area (Å²) in [6, 6.07) is 8.37. The van der Waals surface area contributed by atoms with Crippen LogP contribution in [0.4, 0.5) is 13.2 Å². The van der Waals surface area contributed by atoms with Crippen LogP contribution in [0.5, 0.6) is 0 Å². The number of rotatable bonds is 5. The number of alkyl halides is 3. The molecule has 6 rings (SSSR count). The Labute approximate surface area is 186 Å². The number of carboxylic acid groups (broad SMARTS) is 1. The molecule has 3 aliphatic carbocycles. The van der Waals surface area contributed by atoms with Gasteiger partial charge in [-0.05, 0) is 54.5 Å². The van der Waals surface area contributed by atoms with Gasteiger partial charge in [0.2, 0.25) is 0 Å². The number of hydrogen-bond acceptors (Lipinski definition) is 3. The molecule has 1 amide bonds. The van der Waals surface area contributed by atoms with Crippen molar-refractivity contribution < 1.29 is 27.9 Å². The number of aromatic nitrogens is 2. The number of carbonyl (C=O) groups is 2. The van der Waals surface area contributed by atoms with Crippen LogP contribution < -0.4 is 5.32 Å². The summed E-state index contributed by atoms with van der Waals surface area (Å²) < 4.78 is 40.3. The number of aliphatic carboxylic acids is 1. The topological polar surface area (TPSA) is 84.2 Å². The first-order chi connectivity index (χ1) is 15.6. The molecule has 0 saturated heterocycles. The first-order valence-corrected chi connectivity index (χ1v) is 10.8. The standard InChI is InChI=1S/C24H20F3N3O3/c25-24(26,27)15-3-1-13(2-4-15)11-30-8-6-14-5-7-28-18(19(14)30)20(31)29-17-10-22-9-16(21(32)33)23(17,22)12-22/h1-8,16-17H,9-12H2,(H,29,31)(H,32,33)/t16-,17?,22?,23?/m0/s1. The van der Waals surface area contributed by atoms with Gasteiger partial charge in [0.1, 0.15) is 0 Å². The molecule has 3 aliphatic rings. The zero-order chi connectivity index (χ0) is 23.2. The summed E-state index contributed by atoms with van der Waals surface area (Å²) in [5.41, 5.74) is 0.579. The number of nitrogens with one attached hydrogen (secondary N) is 1. The van der Waals surface area contributed by atoms with Crippen LogP contribution in [0, 0.1) is 16.7 Å². The molecule has 4 atom stereocenters. The van der Waals surface area contributed by atoms with E-state index in [9.17, 15) is 27.9 Å². The summed E-state index contributed by atoms with van der Waals surface area (Å²) >= 11 is 0. The first kappa shape index (κ1) is 20.3. The van der Waals surface area contributed by atoms with Gasteiger partial charge in [-0.2, -0.15) is 13.2 Å². The number of carboxylic acids is 1. The van der Waals surface area contributed by atoms with Crippen molar-refractivity contribution in [3.05, 3.63) is 65.6 Å². The number of hydrogen-bond donors (Lipinski definition) is 2. The second kappa shape index (κ2) is 6.36. The molecule has 0 spiro atoms. The zero-order valence-corrected chi connectivity index (χ0v) is 17.4. The summed E-state index contributed by atoms with van der Waals surface area (Å²) in [5, 5.41) is 13.3. The second-order valence-corrected chi connectivity index (χ2v) is 9.56. The Kier molecular flexibility index (Phi) is 3.91. The van der Waals surface area contributed by atoms with Gasteiger partial charge in [0.25, 0.3) is 5.91 Å². The zero-order valence-electron chi connectivity index (χ0n) is 17.4. The van der Waals surface area contributed by atoms with Crippen molar-refractivity contribution in [2.75, 3.05) is 0 Å². The Balaban J connectivity index is 1.25. The molecule has 0 aliphatic heterocycles. The van der Waals surface area contributed by atoms with Gasteiger partial charge in [-0.3, -0.25) is 9.59 Å². The van der Waals surface area contributed by atoms with Crippen LogP contribution in [0.2, 0.25) is 0 Å². The van der Waals surface area contributed by atoms with E-state index in [0.717, 1.165) is 30.4 Å². The van der Waals surface area contributed by atoms with E-state index in [1.807, 2.05) is 6.07 Å². The number of halogens is 3. The molecule has 6 nitrogen and oxygen atoms in total. The highest BCUT2D eigenvalue weighted by atomic mass is 19.4. The highest BCUT2D eigenvalue weighted by Gasteiger charge is 2.90. The Morgan fingerprint density at radius 2 is 1.91 bits per heavy atom. The van der Waals surface area contributed by atoms with Crippen molar-refractivity contribution >= 4 is 22.8 Å². The molecule has 33 heavy (non-hydrogen) atoms. The third-order valence-corrected chi connectivity index (χ3v) is 8.06. The maximum absolute atomic E-state index is 13.2. The predicted molar refractivity (Wildman–Crippen MR) is 111 cm³/mol. The maximum Gasteiger partial charge on any atom is 0.416 e. The average Bonchev–Trinajstić information content (AvgIpc) is 3.09. The van der Waals surface area contributed by atoms with E-state index in [1.54, 1.807) is 23.0 Å². The molecule has 0 bridgehead atoms. The van der Waals surface area contributed by atoms with E-state index >= 15 is 0 Å². The lowest BCUT2D eigenvalue weighted by Gasteiger charge is -2.55. The highest BCUT2D eigenvalue weighted by molar-refractivity contribution is 6.04. The van der Waals surface area contributed by atoms with Crippen LogP contribution in [0.1, 0.15) is 40.9 Å². The SMILES string of the molecule is O=C(NC1CC23C[C@@H](C(=O)O)C12C3)c1nccc2ccn(Cc3ccc(C(F)(F)F)cc3)c12. The molecule has 3 aromatic rings. The van der Waals surface area contributed by atoms with Crippen molar-refractivity contribution in [3.63, 3.8) is 0 Å². The van der Waals surface area contributed by atoms with Gasteiger partial charge in [0.05, 0.1) is 17.0 Å². The molecular weight excluding hydrogens is 435 g/mol. The highest BCUT2D eigenvalue weighted by Crippen LogP contribution is 2.90. The minimum atomic E-state index is -4.39. The molecule has 2 heterocycles. The minimum absolute atomic E-state index is 0.107. The lowest BCUT2D eigenvalue weighted by molar-refractivity contribution is -0.161. The van der Waals surface area contributed by atoms with Gasteiger partial charge in [-0.25, -0.2) is 4.98 Å². The summed E-state index contributed by atoms with van der Waals surface area (Å²) in [6.45, 7) is 0.283. The Morgan fingerprint density at radius 3 is 2.55 bits per heavy atom. The molecule has 3 unspecified atom stereocenters. The maximum atomic E-state index is 13.2. The Hall–Kier alpha value is -3.36. The number of benzene rings is 1. The minimum Gasteiger partial charge on any atom is -0.481 e. The molecule has 1 aromatic carbocycles. The van der Waals surface area contributed by atoms with E-state index in [2.05, 4.69) is 10.3 Å². The second-order valence-electron chi connectivity index (χ2n) is 9.56. The van der Waals surface area contributed by atoms with Crippen molar-refractivity contribution in [1.82, 2.24) is 14.9 Å². The molecular formula is C24H20F3N3O3. The summed E-state index contributed by atoms with van der Waals surface area (Å²) in [7, 11) is 0. The molecule has 0 radical (unpaired) electrons. The molecule has 2 aromatic heterocycles. The van der Waals surface area contributed by atoms with Crippen molar-refractivity contribution in [3.8, 4) is 0 Å². The first-order valence-electron chi connectivity index (χ1n) is 10.8. The van der Waals surface area contributed by atoms with Crippen molar-refractivity contribution in [2.45, 2.75) is 38.0 Å². The van der Waals surface area contributed by atoms with E-state index in [4.69, 9.17) is 0 Å². The number of pyridine rings is 1. The van der Waals surface area contributed by atoms with Gasteiger partial charge < -0.3 is 15.0 Å². The fraction of sp³-hybridized carbons (Fsp3) is 0.375. The summed E-state index contributed by atoms with van der Waals surface area (Å²) in [6.07, 6.45) is 1.27. The van der Waals surface area contributed by atoms with Gasteiger partial charge in [0.15, 0.2) is 5.69 Å². The molecule has 3 fully saturated rings. The van der Waals surface area contributed by atoms with E-state index < -0.39 is 23.6 Å². The van der Waals surface area contributed by atoms with Crippen LogP contribution in [-0.4, -0.2) is 32.6 Å². The lowest BCUT2D eigenvalue weighted by Crippen LogP contribution is -2.63. The number of amides is 1. The normalized spacial score (nSPS) is 29.4. The van der Waals surface area contributed by atoms with Crippen LogP contribution in [0.3, 0.4) is 0 Å². The van der Waals surface area contributed by atoms with Crippen LogP contribution in [0.15, 0.2) is 48.8 Å². The van der Waals surface area contributed by atoms with Gasteiger partial charge in [-0.15, -0.1) is 0 Å². The molecule has 2 N–H and O–H groups in total. The van der Waals surface area contributed by atoms with Crippen LogP contribution in [-0.2, 0) is 17.5 Å². The van der Waals surface area contributed by atoms with Gasteiger partial charge in [0, 0.05) is 35.8 Å². The third-order valence-electron chi connectivity index (χ3n) is 8.06. The quantitative estimate of drug-likeness (QED) is 0.607.